The van der Waals surface area contributed by atoms with Gasteiger partial charge in [0.15, 0.2) is 9.84 Å². The monoisotopic (exact) mass is 293 g/mol. The molecule has 19 heavy (non-hydrogen) atoms. The van der Waals surface area contributed by atoms with E-state index in [2.05, 4.69) is 9.84 Å². The molecule has 0 saturated carbocycles. The van der Waals surface area contributed by atoms with Crippen LogP contribution in [0.5, 0.6) is 0 Å². The van der Waals surface area contributed by atoms with E-state index >= 15 is 0 Å². The molecule has 0 atom stereocenters. The zero-order valence-electron chi connectivity index (χ0n) is 11.2. The third kappa shape index (κ3) is 7.39. The number of ether oxygens (including phenoxy) is 1. The summed E-state index contributed by atoms with van der Waals surface area (Å²) in [6.45, 7) is 4.80. The number of nitrogens with one attached hydrogen (secondary N) is 1. The van der Waals surface area contributed by atoms with Gasteiger partial charge in [-0.25, -0.2) is 13.8 Å². The maximum absolute atomic E-state index is 11.4. The van der Waals surface area contributed by atoms with E-state index in [1.165, 1.54) is 13.8 Å². The van der Waals surface area contributed by atoms with Gasteiger partial charge in [-0.05, 0) is 20.8 Å². The summed E-state index contributed by atoms with van der Waals surface area (Å²) in [7, 11) is -3.49. The van der Waals surface area contributed by atoms with Gasteiger partial charge >= 0.3 is 5.97 Å². The lowest BCUT2D eigenvalue weighted by atomic mass is 10.4. The van der Waals surface area contributed by atoms with Gasteiger partial charge in [0.05, 0.1) is 11.9 Å². The second-order valence-electron chi connectivity index (χ2n) is 3.98. The van der Waals surface area contributed by atoms with Gasteiger partial charge in [0.2, 0.25) is 0 Å². The average molecular weight is 293 g/mol. The van der Waals surface area contributed by atoms with E-state index in [0.29, 0.717) is 0 Å². The smallest absolute Gasteiger partial charge is 0.313 e. The Bertz CT molecular complexity index is 456. The first kappa shape index (κ1) is 17.4. The Morgan fingerprint density at radius 2 is 1.95 bits per heavy atom. The van der Waals surface area contributed by atoms with E-state index in [1.807, 2.05) is 5.43 Å². The molecule has 0 unspecified atom stereocenters. The van der Waals surface area contributed by atoms with Crippen molar-refractivity contribution in [2.24, 2.45) is 10.8 Å². The molecule has 0 aliphatic carbocycles. The second-order valence-corrected chi connectivity index (χ2v) is 6.53. The molecule has 8 nitrogen and oxygen atoms in total. The molecule has 0 aliphatic heterocycles. The largest absolute Gasteiger partial charge is 0.466 e. The fourth-order valence-corrected chi connectivity index (χ4v) is 1.68. The molecule has 0 fully saturated rings. The van der Waals surface area contributed by atoms with Gasteiger partial charge in [0, 0.05) is 0 Å². The highest BCUT2D eigenvalue weighted by Crippen LogP contribution is 1.99. The number of sulfone groups is 1. The Labute approximate surface area is 112 Å². The molecule has 9 heteroatoms. The maximum atomic E-state index is 11.4. The van der Waals surface area contributed by atoms with Crippen LogP contribution in [0.15, 0.2) is 5.10 Å². The van der Waals surface area contributed by atoms with Gasteiger partial charge in [-0.15, -0.1) is 0 Å². The fraction of sp³-hybridized carbons (Fsp3) is 0.700. The summed E-state index contributed by atoms with van der Waals surface area (Å²) in [5, 5.41) is 2.77. The van der Waals surface area contributed by atoms with Crippen LogP contribution in [0.1, 0.15) is 27.2 Å². The van der Waals surface area contributed by atoms with E-state index in [4.69, 9.17) is 5.73 Å². The third-order valence-corrected chi connectivity index (χ3v) is 4.11. The number of carbonyl (C=O) groups excluding carboxylic acids is 2. The van der Waals surface area contributed by atoms with Gasteiger partial charge in [-0.1, -0.05) is 0 Å². The first-order valence-corrected chi connectivity index (χ1v) is 7.38. The third-order valence-electron chi connectivity index (χ3n) is 2.01. The number of nitrogens with zero attached hydrogens (tertiary/aromatic N) is 1. The number of carbonyl (C=O) groups is 2. The first-order chi connectivity index (χ1) is 8.69. The van der Waals surface area contributed by atoms with Crippen molar-refractivity contribution in [1.29, 1.82) is 0 Å². The Morgan fingerprint density at radius 3 is 2.42 bits per heavy atom. The molecule has 0 aliphatic rings. The highest BCUT2D eigenvalue weighted by Gasteiger charge is 2.20. The summed E-state index contributed by atoms with van der Waals surface area (Å²) in [5.41, 5.74) is 7.34. The van der Waals surface area contributed by atoms with Crippen LogP contribution < -0.4 is 11.2 Å². The zero-order chi connectivity index (χ0) is 15.1. The topological polar surface area (TPSA) is 128 Å². The molecule has 0 aromatic rings. The van der Waals surface area contributed by atoms with Crippen molar-refractivity contribution >= 4 is 27.5 Å². The standard InChI is InChI=1S/C10H19N3O5S/c1-4-18-10(15)5-8(11)12-13-9(14)6-19(16,17)7(2)3/h7H,4-6H2,1-3H3,(H2,11,12)(H,13,14). The number of esters is 1. The lowest BCUT2D eigenvalue weighted by molar-refractivity contribution is -0.141. The minimum atomic E-state index is -3.49. The van der Waals surface area contributed by atoms with Crippen LogP contribution in [0.2, 0.25) is 0 Å². The van der Waals surface area contributed by atoms with Crippen LogP contribution in [-0.2, 0) is 24.2 Å². The summed E-state index contributed by atoms with van der Waals surface area (Å²) >= 11 is 0. The number of hydrogen-bond donors (Lipinski definition) is 2. The van der Waals surface area contributed by atoms with Gasteiger partial charge < -0.3 is 10.5 Å². The van der Waals surface area contributed by atoms with E-state index in [0.717, 1.165) is 0 Å². The minimum absolute atomic E-state index is 0.159. The van der Waals surface area contributed by atoms with Gasteiger partial charge in [0.1, 0.15) is 18.0 Å². The quantitative estimate of drug-likeness (QED) is 0.272. The molecular formula is C10H19N3O5S. The van der Waals surface area contributed by atoms with Crippen LogP contribution in [0, 0.1) is 0 Å². The van der Waals surface area contributed by atoms with Gasteiger partial charge in [-0.3, -0.25) is 9.59 Å². The number of amidine groups is 1. The van der Waals surface area contributed by atoms with Crippen molar-refractivity contribution in [3.8, 4) is 0 Å². The van der Waals surface area contributed by atoms with Crippen molar-refractivity contribution in [1.82, 2.24) is 5.43 Å². The molecular weight excluding hydrogens is 274 g/mol. The summed E-state index contributed by atoms with van der Waals surface area (Å²) < 4.78 is 27.5. The first-order valence-electron chi connectivity index (χ1n) is 5.67. The van der Waals surface area contributed by atoms with Crippen LogP contribution in [-0.4, -0.2) is 43.7 Å². The molecule has 1 amide bonds. The summed E-state index contributed by atoms with van der Waals surface area (Å²) in [5.74, 6) is -2.22. The average Bonchev–Trinajstić information content (AvgIpc) is 2.25. The van der Waals surface area contributed by atoms with Crippen LogP contribution in [0.4, 0.5) is 0 Å². The van der Waals surface area contributed by atoms with Crippen LogP contribution in [0.25, 0.3) is 0 Å². The predicted molar refractivity (Wildman–Crippen MR) is 69.9 cm³/mol. The lowest BCUT2D eigenvalue weighted by Gasteiger charge is -2.06. The summed E-state index contributed by atoms with van der Waals surface area (Å²) in [4.78, 5) is 22.3. The minimum Gasteiger partial charge on any atom is -0.466 e. The fourth-order valence-electron chi connectivity index (χ4n) is 0.915. The molecule has 0 spiro atoms. The molecule has 0 heterocycles. The molecule has 0 rings (SSSR count). The van der Waals surface area contributed by atoms with Crippen LogP contribution in [0.3, 0.4) is 0 Å². The number of hydrogen-bond acceptors (Lipinski definition) is 6. The summed E-state index contributed by atoms with van der Waals surface area (Å²) in [6, 6.07) is 0. The highest BCUT2D eigenvalue weighted by molar-refractivity contribution is 7.92. The molecule has 0 aromatic carbocycles. The molecule has 110 valence electrons. The van der Waals surface area contributed by atoms with Crippen molar-refractivity contribution in [2.75, 3.05) is 12.4 Å². The molecule has 0 aromatic heterocycles. The lowest BCUT2D eigenvalue weighted by Crippen LogP contribution is -2.32. The molecule has 3 N–H and O–H groups in total. The predicted octanol–water partition coefficient (Wildman–Crippen LogP) is -0.849. The van der Waals surface area contributed by atoms with E-state index in [-0.39, 0.29) is 18.9 Å². The van der Waals surface area contributed by atoms with Gasteiger partial charge in [-0.2, -0.15) is 5.10 Å². The second kappa shape index (κ2) is 7.72. The van der Waals surface area contributed by atoms with Crippen molar-refractivity contribution < 1.29 is 22.7 Å². The van der Waals surface area contributed by atoms with Crippen molar-refractivity contribution in [2.45, 2.75) is 32.4 Å². The van der Waals surface area contributed by atoms with E-state index < -0.39 is 32.7 Å². The number of nitrogens with two attached hydrogens (primary N) is 1. The molecule has 0 bridgehead atoms. The molecule has 0 saturated heterocycles. The van der Waals surface area contributed by atoms with Crippen molar-refractivity contribution in [3.05, 3.63) is 0 Å². The summed E-state index contributed by atoms with van der Waals surface area (Å²) in [6.07, 6.45) is -0.273. The van der Waals surface area contributed by atoms with Crippen molar-refractivity contribution in [3.63, 3.8) is 0 Å². The number of rotatable bonds is 7. The molecule has 0 radical (unpaired) electrons. The highest BCUT2D eigenvalue weighted by atomic mass is 32.2. The Morgan fingerprint density at radius 1 is 1.37 bits per heavy atom. The van der Waals surface area contributed by atoms with Crippen LogP contribution >= 0.6 is 0 Å². The van der Waals surface area contributed by atoms with Gasteiger partial charge in [0.25, 0.3) is 5.91 Å². The normalized spacial score (nSPS) is 12.3. The zero-order valence-corrected chi connectivity index (χ0v) is 12.0. The Balaban J connectivity index is 4.32. The number of amides is 1. The SMILES string of the molecule is CCOC(=O)C/C(N)=N/NC(=O)CS(=O)(=O)C(C)C. The Kier molecular flexibility index (Phi) is 7.05. The van der Waals surface area contributed by atoms with E-state index in [9.17, 15) is 18.0 Å². The Hall–Kier alpha value is -1.64. The maximum Gasteiger partial charge on any atom is 0.313 e. The van der Waals surface area contributed by atoms with E-state index in [1.54, 1.807) is 6.92 Å². The number of hydrazone groups is 1.